The molecule has 1 aromatic carbocycles. The highest BCUT2D eigenvalue weighted by Gasteiger charge is 2.28. The molecule has 0 amide bonds. The molecule has 84 valence electrons. The largest absolute Gasteiger partial charge is 0.461 e. The van der Waals surface area contributed by atoms with Gasteiger partial charge in [-0.25, -0.2) is 4.39 Å². The standard InChI is InChI=1S/C11H12FN3O/c12-6-1-2-9-10(3-6)15-11(14-9)16-8-4-7(13)5-8/h1-3,7-8H,4-5,13H2,(H,14,15). The topological polar surface area (TPSA) is 63.9 Å². The van der Waals surface area contributed by atoms with Gasteiger partial charge in [0.1, 0.15) is 11.9 Å². The Kier molecular flexibility index (Phi) is 2.07. The van der Waals surface area contributed by atoms with Gasteiger partial charge in [0, 0.05) is 6.04 Å². The third-order valence-electron chi connectivity index (χ3n) is 2.83. The highest BCUT2D eigenvalue weighted by atomic mass is 19.1. The zero-order valence-corrected chi connectivity index (χ0v) is 8.61. The van der Waals surface area contributed by atoms with Crippen LogP contribution in [0.3, 0.4) is 0 Å². The smallest absolute Gasteiger partial charge is 0.294 e. The second-order valence-corrected chi connectivity index (χ2v) is 4.17. The van der Waals surface area contributed by atoms with E-state index in [-0.39, 0.29) is 18.0 Å². The number of aromatic nitrogens is 2. The SMILES string of the molecule is NC1CC(Oc2nc3ccc(F)cc3[nH]2)C1. The number of hydrogen-bond donors (Lipinski definition) is 2. The van der Waals surface area contributed by atoms with E-state index in [0.29, 0.717) is 17.0 Å². The summed E-state index contributed by atoms with van der Waals surface area (Å²) < 4.78 is 18.5. The second kappa shape index (κ2) is 3.45. The van der Waals surface area contributed by atoms with Crippen molar-refractivity contribution in [2.24, 2.45) is 5.73 Å². The first kappa shape index (κ1) is 9.59. The van der Waals surface area contributed by atoms with Gasteiger partial charge in [-0.05, 0) is 31.0 Å². The van der Waals surface area contributed by atoms with Gasteiger partial charge in [0.25, 0.3) is 6.01 Å². The van der Waals surface area contributed by atoms with Gasteiger partial charge in [-0.15, -0.1) is 0 Å². The Bertz CT molecular complexity index is 519. The molecule has 1 fully saturated rings. The fourth-order valence-electron chi connectivity index (χ4n) is 1.87. The summed E-state index contributed by atoms with van der Waals surface area (Å²) in [4.78, 5) is 7.15. The van der Waals surface area contributed by atoms with Crippen LogP contribution in [0.25, 0.3) is 11.0 Å². The molecule has 2 aromatic rings. The van der Waals surface area contributed by atoms with Gasteiger partial charge < -0.3 is 15.5 Å². The quantitative estimate of drug-likeness (QED) is 0.809. The van der Waals surface area contributed by atoms with Crippen molar-refractivity contribution in [2.45, 2.75) is 25.0 Å². The first-order chi connectivity index (χ1) is 7.70. The van der Waals surface area contributed by atoms with Crippen molar-refractivity contribution in [3.05, 3.63) is 24.0 Å². The molecule has 0 saturated heterocycles. The number of fused-ring (bicyclic) bond motifs is 1. The van der Waals surface area contributed by atoms with E-state index in [1.165, 1.54) is 12.1 Å². The minimum atomic E-state index is -0.284. The van der Waals surface area contributed by atoms with E-state index in [2.05, 4.69) is 9.97 Å². The fourth-order valence-corrected chi connectivity index (χ4v) is 1.87. The highest BCUT2D eigenvalue weighted by molar-refractivity contribution is 5.75. The van der Waals surface area contributed by atoms with E-state index in [1.807, 2.05) is 0 Å². The summed E-state index contributed by atoms with van der Waals surface area (Å²) in [5.41, 5.74) is 7.02. The van der Waals surface area contributed by atoms with E-state index < -0.39 is 0 Å². The third kappa shape index (κ3) is 1.63. The Morgan fingerprint density at radius 2 is 2.25 bits per heavy atom. The average molecular weight is 221 g/mol. The lowest BCUT2D eigenvalue weighted by atomic mass is 9.90. The Morgan fingerprint density at radius 1 is 1.44 bits per heavy atom. The number of imidazole rings is 1. The lowest BCUT2D eigenvalue weighted by Crippen LogP contribution is -2.43. The van der Waals surface area contributed by atoms with Crippen LogP contribution in [0.1, 0.15) is 12.8 Å². The molecule has 5 heteroatoms. The number of ether oxygens (including phenoxy) is 1. The van der Waals surface area contributed by atoms with Crippen LogP contribution in [0.4, 0.5) is 4.39 Å². The molecule has 1 saturated carbocycles. The van der Waals surface area contributed by atoms with Gasteiger partial charge in [0.05, 0.1) is 11.0 Å². The van der Waals surface area contributed by atoms with E-state index in [0.717, 1.165) is 12.8 Å². The van der Waals surface area contributed by atoms with Gasteiger partial charge in [0.15, 0.2) is 0 Å². The molecule has 3 rings (SSSR count). The van der Waals surface area contributed by atoms with E-state index in [4.69, 9.17) is 10.5 Å². The predicted octanol–water partition coefficient (Wildman–Crippen LogP) is 1.57. The highest BCUT2D eigenvalue weighted by Crippen LogP contribution is 2.24. The lowest BCUT2D eigenvalue weighted by Gasteiger charge is -2.31. The van der Waals surface area contributed by atoms with Gasteiger partial charge in [-0.1, -0.05) is 0 Å². The van der Waals surface area contributed by atoms with Gasteiger partial charge >= 0.3 is 0 Å². The predicted molar refractivity (Wildman–Crippen MR) is 57.7 cm³/mol. The monoisotopic (exact) mass is 221 g/mol. The molecule has 1 heterocycles. The summed E-state index contributed by atoms with van der Waals surface area (Å²) in [6.45, 7) is 0. The number of nitrogens with two attached hydrogens (primary N) is 1. The number of nitrogens with one attached hydrogen (secondary N) is 1. The molecule has 0 atom stereocenters. The summed E-state index contributed by atoms with van der Waals surface area (Å²) in [6.07, 6.45) is 1.84. The number of rotatable bonds is 2. The number of hydrogen-bond acceptors (Lipinski definition) is 3. The minimum Gasteiger partial charge on any atom is -0.461 e. The maximum Gasteiger partial charge on any atom is 0.294 e. The van der Waals surface area contributed by atoms with Crippen LogP contribution >= 0.6 is 0 Å². The molecule has 1 aromatic heterocycles. The van der Waals surface area contributed by atoms with Crippen LogP contribution in [0.2, 0.25) is 0 Å². The summed E-state index contributed by atoms with van der Waals surface area (Å²) in [5, 5.41) is 0. The molecule has 1 aliphatic rings. The lowest BCUT2D eigenvalue weighted by molar-refractivity contribution is 0.0918. The van der Waals surface area contributed by atoms with Crippen molar-refractivity contribution in [2.75, 3.05) is 0 Å². The average Bonchev–Trinajstić information content (AvgIpc) is 2.57. The molecule has 0 aliphatic heterocycles. The molecule has 0 unspecified atom stereocenters. The zero-order chi connectivity index (χ0) is 11.1. The van der Waals surface area contributed by atoms with Crippen molar-refractivity contribution >= 4 is 11.0 Å². The van der Waals surface area contributed by atoms with Crippen LogP contribution in [0, 0.1) is 5.82 Å². The Labute approximate surface area is 91.6 Å². The summed E-state index contributed by atoms with van der Waals surface area (Å²) in [5.74, 6) is -0.284. The van der Waals surface area contributed by atoms with Gasteiger partial charge in [-0.2, -0.15) is 4.98 Å². The molecule has 1 aliphatic carbocycles. The Hall–Kier alpha value is -1.62. The van der Waals surface area contributed by atoms with Gasteiger partial charge in [-0.3, -0.25) is 0 Å². The van der Waals surface area contributed by atoms with Gasteiger partial charge in [0.2, 0.25) is 0 Å². The van der Waals surface area contributed by atoms with E-state index in [1.54, 1.807) is 6.07 Å². The van der Waals surface area contributed by atoms with E-state index >= 15 is 0 Å². The van der Waals surface area contributed by atoms with Crippen LogP contribution < -0.4 is 10.5 Å². The summed E-state index contributed by atoms with van der Waals surface area (Å²) in [6, 6.07) is 5.10. The van der Waals surface area contributed by atoms with E-state index in [9.17, 15) is 4.39 Å². The number of benzene rings is 1. The molecule has 0 bridgehead atoms. The summed E-state index contributed by atoms with van der Waals surface area (Å²) >= 11 is 0. The van der Waals surface area contributed by atoms with Crippen molar-refractivity contribution in [1.29, 1.82) is 0 Å². The first-order valence-electron chi connectivity index (χ1n) is 5.28. The van der Waals surface area contributed by atoms with Crippen LogP contribution in [0.15, 0.2) is 18.2 Å². The normalized spacial score (nSPS) is 24.4. The number of H-pyrrole nitrogens is 1. The Balaban J connectivity index is 1.82. The summed E-state index contributed by atoms with van der Waals surface area (Å²) in [7, 11) is 0. The molecular formula is C11H12FN3O. The molecule has 3 N–H and O–H groups in total. The van der Waals surface area contributed by atoms with Crippen LogP contribution in [0.5, 0.6) is 6.01 Å². The van der Waals surface area contributed by atoms with Crippen LogP contribution in [-0.2, 0) is 0 Å². The number of aromatic amines is 1. The minimum absolute atomic E-state index is 0.139. The van der Waals surface area contributed by atoms with Crippen molar-refractivity contribution in [3.8, 4) is 6.01 Å². The molecule has 0 radical (unpaired) electrons. The number of nitrogens with zero attached hydrogens (tertiary/aromatic N) is 1. The zero-order valence-electron chi connectivity index (χ0n) is 8.61. The van der Waals surface area contributed by atoms with Crippen LogP contribution in [-0.4, -0.2) is 22.1 Å². The second-order valence-electron chi connectivity index (χ2n) is 4.17. The Morgan fingerprint density at radius 3 is 3.00 bits per heavy atom. The fraction of sp³-hybridized carbons (Fsp3) is 0.364. The first-order valence-corrected chi connectivity index (χ1v) is 5.28. The molecule has 0 spiro atoms. The molecule has 16 heavy (non-hydrogen) atoms. The third-order valence-corrected chi connectivity index (χ3v) is 2.83. The molecule has 4 nitrogen and oxygen atoms in total. The molecular weight excluding hydrogens is 209 g/mol. The maximum atomic E-state index is 12.9. The van der Waals surface area contributed by atoms with Crippen molar-refractivity contribution < 1.29 is 9.13 Å². The number of halogens is 1. The van der Waals surface area contributed by atoms with Crippen molar-refractivity contribution in [3.63, 3.8) is 0 Å². The van der Waals surface area contributed by atoms with Crippen molar-refractivity contribution in [1.82, 2.24) is 9.97 Å². The maximum absolute atomic E-state index is 12.9.